The van der Waals surface area contributed by atoms with Gasteiger partial charge in [0.25, 0.3) is 0 Å². The van der Waals surface area contributed by atoms with Crippen LogP contribution in [-0.2, 0) is 4.79 Å². The summed E-state index contributed by atoms with van der Waals surface area (Å²) in [6, 6.07) is 14.7. The van der Waals surface area contributed by atoms with E-state index in [1.54, 1.807) is 25.3 Å². The molecule has 2 aromatic rings. The first-order valence-corrected chi connectivity index (χ1v) is 7.78. The molecule has 1 atom stereocenters. The number of nitrogens with zero attached hydrogens (tertiary/aromatic N) is 2. The number of fused-ring (bicyclic) bond motifs is 1. The number of amides is 1. The second kappa shape index (κ2) is 6.55. The molecule has 1 amide bonds. The number of hydrogen-bond donors (Lipinski definition) is 1. The van der Waals surface area contributed by atoms with Crippen molar-refractivity contribution in [3.8, 4) is 11.2 Å². The van der Waals surface area contributed by atoms with Crippen molar-refractivity contribution in [3.63, 3.8) is 0 Å². The third-order valence-electron chi connectivity index (χ3n) is 3.43. The summed E-state index contributed by atoms with van der Waals surface area (Å²) in [5.74, 6) is 0.359. The molecule has 0 spiro atoms. The fraction of sp³-hybridized carbons (Fsp3) is 0.118. The number of anilines is 1. The number of rotatable bonds is 3. The van der Waals surface area contributed by atoms with Crippen molar-refractivity contribution in [1.82, 2.24) is 0 Å². The van der Waals surface area contributed by atoms with Gasteiger partial charge in [0.2, 0.25) is 5.91 Å². The van der Waals surface area contributed by atoms with E-state index in [9.17, 15) is 4.79 Å². The van der Waals surface area contributed by atoms with Gasteiger partial charge in [-0.3, -0.25) is 4.79 Å². The summed E-state index contributed by atoms with van der Waals surface area (Å²) < 4.78 is 5.18. The smallest absolute Gasteiger partial charge is 0.244 e. The molecule has 23 heavy (non-hydrogen) atoms. The maximum atomic E-state index is 12.5. The average Bonchev–Trinajstić information content (AvgIpc) is 2.72. The number of nitriles is 1. The van der Waals surface area contributed by atoms with Crippen molar-refractivity contribution in [2.45, 2.75) is 5.25 Å². The molecule has 1 aliphatic heterocycles. The zero-order chi connectivity index (χ0) is 16.2. The Balaban J connectivity index is 2.15. The fourth-order valence-electron chi connectivity index (χ4n) is 2.34. The highest BCUT2D eigenvalue weighted by molar-refractivity contribution is 8.05. The Bertz CT molecular complexity index is 812. The summed E-state index contributed by atoms with van der Waals surface area (Å²) in [5, 5.41) is 13.2. The zero-order valence-electron chi connectivity index (χ0n) is 12.3. The first-order valence-electron chi connectivity index (χ1n) is 6.90. The maximum absolute atomic E-state index is 12.5. The summed E-state index contributed by atoms with van der Waals surface area (Å²) in [4.78, 5) is 17.2. The number of methoxy groups -OCH3 is 1. The molecular weight excluding hydrogens is 310 g/mol. The molecule has 0 radical (unpaired) electrons. The molecule has 0 saturated heterocycles. The fourth-order valence-corrected chi connectivity index (χ4v) is 2.91. The van der Waals surface area contributed by atoms with Crippen molar-refractivity contribution >= 4 is 34.8 Å². The van der Waals surface area contributed by atoms with Crippen LogP contribution in [0.5, 0.6) is 5.75 Å². The van der Waals surface area contributed by atoms with Gasteiger partial charge in [0, 0.05) is 6.07 Å². The lowest BCUT2D eigenvalue weighted by Gasteiger charge is -2.12. The zero-order valence-corrected chi connectivity index (χ0v) is 13.1. The van der Waals surface area contributed by atoms with E-state index >= 15 is 0 Å². The molecule has 2 aromatic carbocycles. The van der Waals surface area contributed by atoms with Crippen LogP contribution in [0.25, 0.3) is 0 Å². The molecule has 1 N–H and O–H groups in total. The minimum atomic E-state index is -0.694. The predicted molar refractivity (Wildman–Crippen MR) is 91.3 cm³/mol. The number of aliphatic imine (C=N–C) groups is 1. The van der Waals surface area contributed by atoms with Crippen LogP contribution in [0.1, 0.15) is 5.56 Å². The second-order valence-corrected chi connectivity index (χ2v) is 5.71. The molecule has 6 heteroatoms. The third-order valence-corrected chi connectivity index (χ3v) is 4.21. The van der Waals surface area contributed by atoms with Crippen LogP contribution >= 0.6 is 11.8 Å². The number of thioether (sulfide) groups is 1. The number of hydrogen-bond acceptors (Lipinski definition) is 5. The highest BCUT2D eigenvalue weighted by Crippen LogP contribution is 2.34. The van der Waals surface area contributed by atoms with Gasteiger partial charge in [-0.05, 0) is 29.5 Å². The SMILES string of the molecule is COc1ccc2c(c1)NC(=O)C(SC#N)C(c1ccccc1)=N2. The molecule has 1 heterocycles. The Hall–Kier alpha value is -2.78. The van der Waals surface area contributed by atoms with Crippen LogP contribution in [0.15, 0.2) is 53.5 Å². The van der Waals surface area contributed by atoms with Gasteiger partial charge in [0.15, 0.2) is 0 Å². The molecule has 114 valence electrons. The van der Waals surface area contributed by atoms with Gasteiger partial charge in [0.1, 0.15) is 16.4 Å². The molecule has 0 bridgehead atoms. The van der Waals surface area contributed by atoms with Crippen molar-refractivity contribution in [2.75, 3.05) is 12.4 Å². The van der Waals surface area contributed by atoms with Crippen LogP contribution in [0, 0.1) is 10.7 Å². The maximum Gasteiger partial charge on any atom is 0.244 e. The molecule has 0 aromatic heterocycles. The standard InChI is InChI=1S/C17H13N3O2S/c1-22-12-7-8-13-14(9-12)20-17(21)16(23-10-18)15(19-13)11-5-3-2-4-6-11/h2-9,16H,1H3,(H,20,21). The number of carbonyl (C=O) groups excluding carboxylic acids is 1. The number of benzene rings is 2. The van der Waals surface area contributed by atoms with E-state index in [1.807, 2.05) is 35.7 Å². The summed E-state index contributed by atoms with van der Waals surface area (Å²) in [5.41, 5.74) is 2.60. The summed E-state index contributed by atoms with van der Waals surface area (Å²) in [7, 11) is 1.56. The predicted octanol–water partition coefficient (Wildman–Crippen LogP) is 3.35. The largest absolute Gasteiger partial charge is 0.497 e. The van der Waals surface area contributed by atoms with E-state index < -0.39 is 5.25 Å². The highest BCUT2D eigenvalue weighted by Gasteiger charge is 2.30. The van der Waals surface area contributed by atoms with Gasteiger partial charge in [-0.1, -0.05) is 30.3 Å². The van der Waals surface area contributed by atoms with E-state index in [1.165, 1.54) is 0 Å². The normalized spacial score (nSPS) is 16.4. The monoisotopic (exact) mass is 323 g/mol. The first-order chi connectivity index (χ1) is 11.2. The molecule has 5 nitrogen and oxygen atoms in total. The molecule has 3 rings (SSSR count). The van der Waals surface area contributed by atoms with Crippen molar-refractivity contribution in [2.24, 2.45) is 4.99 Å². The van der Waals surface area contributed by atoms with Crippen molar-refractivity contribution < 1.29 is 9.53 Å². The van der Waals surface area contributed by atoms with Crippen molar-refractivity contribution in [3.05, 3.63) is 54.1 Å². The number of thiocyanates is 1. The van der Waals surface area contributed by atoms with Gasteiger partial charge in [0.05, 0.1) is 24.2 Å². The van der Waals surface area contributed by atoms with Crippen LogP contribution in [0.2, 0.25) is 0 Å². The molecule has 1 aliphatic rings. The van der Waals surface area contributed by atoms with Gasteiger partial charge >= 0.3 is 0 Å². The lowest BCUT2D eigenvalue weighted by Crippen LogP contribution is -2.31. The summed E-state index contributed by atoms with van der Waals surface area (Å²) in [6.45, 7) is 0. The van der Waals surface area contributed by atoms with E-state index in [0.29, 0.717) is 22.8 Å². The Morgan fingerprint density at radius 3 is 2.74 bits per heavy atom. The molecule has 0 fully saturated rings. The summed E-state index contributed by atoms with van der Waals surface area (Å²) >= 11 is 0.889. The Labute approximate surface area is 138 Å². The topological polar surface area (TPSA) is 74.5 Å². The Morgan fingerprint density at radius 1 is 1.26 bits per heavy atom. The van der Waals surface area contributed by atoms with E-state index in [2.05, 4.69) is 10.3 Å². The second-order valence-electron chi connectivity index (χ2n) is 4.82. The minimum Gasteiger partial charge on any atom is -0.497 e. The van der Waals surface area contributed by atoms with E-state index in [0.717, 1.165) is 17.3 Å². The molecule has 0 saturated carbocycles. The van der Waals surface area contributed by atoms with Gasteiger partial charge in [-0.2, -0.15) is 5.26 Å². The number of nitrogens with one attached hydrogen (secondary N) is 1. The van der Waals surface area contributed by atoms with Crippen LogP contribution in [-0.4, -0.2) is 24.0 Å². The lowest BCUT2D eigenvalue weighted by atomic mass is 10.1. The van der Waals surface area contributed by atoms with E-state index in [4.69, 9.17) is 10.00 Å². The van der Waals surface area contributed by atoms with E-state index in [-0.39, 0.29) is 5.91 Å². The first kappa shape index (κ1) is 15.1. The Morgan fingerprint density at radius 2 is 2.04 bits per heavy atom. The minimum absolute atomic E-state index is 0.272. The van der Waals surface area contributed by atoms with Gasteiger partial charge in [-0.25, -0.2) is 4.99 Å². The number of ether oxygens (including phenoxy) is 1. The van der Waals surface area contributed by atoms with Crippen LogP contribution in [0.4, 0.5) is 11.4 Å². The summed E-state index contributed by atoms with van der Waals surface area (Å²) in [6.07, 6.45) is 0. The lowest BCUT2D eigenvalue weighted by molar-refractivity contribution is -0.114. The van der Waals surface area contributed by atoms with Gasteiger partial charge in [-0.15, -0.1) is 0 Å². The third kappa shape index (κ3) is 3.05. The molecular formula is C17H13N3O2S. The van der Waals surface area contributed by atoms with Crippen LogP contribution < -0.4 is 10.1 Å². The average molecular weight is 323 g/mol. The quantitative estimate of drug-likeness (QED) is 0.879. The Kier molecular flexibility index (Phi) is 4.31. The molecule has 0 aliphatic carbocycles. The molecule has 1 unspecified atom stereocenters. The highest BCUT2D eigenvalue weighted by atomic mass is 32.2. The van der Waals surface area contributed by atoms with Crippen molar-refractivity contribution in [1.29, 1.82) is 5.26 Å². The number of carbonyl (C=O) groups is 1. The van der Waals surface area contributed by atoms with Gasteiger partial charge < -0.3 is 10.1 Å². The van der Waals surface area contributed by atoms with Crippen LogP contribution in [0.3, 0.4) is 0 Å².